The fourth-order valence-corrected chi connectivity index (χ4v) is 3.78. The van der Waals surface area contributed by atoms with Gasteiger partial charge < -0.3 is 0 Å². The highest BCUT2D eigenvalue weighted by molar-refractivity contribution is 8.03. The van der Waals surface area contributed by atoms with Crippen molar-refractivity contribution in [3.05, 3.63) is 63.6 Å². The molecule has 2 rings (SSSR count). The number of hydrogen-bond acceptors (Lipinski definition) is 1. The molecule has 0 radical (unpaired) electrons. The predicted octanol–water partition coefficient (Wildman–Crippen LogP) is 7.15. The van der Waals surface area contributed by atoms with Crippen molar-refractivity contribution in [3.8, 4) is 0 Å². The monoisotopic (exact) mass is 338 g/mol. The fourth-order valence-electron chi connectivity index (χ4n) is 2.63. The summed E-state index contributed by atoms with van der Waals surface area (Å²) in [6.07, 6.45) is 3.19. The van der Waals surface area contributed by atoms with Gasteiger partial charge in [0.25, 0.3) is 0 Å². The van der Waals surface area contributed by atoms with Gasteiger partial charge in [0, 0.05) is 9.80 Å². The third-order valence-electron chi connectivity index (χ3n) is 3.69. The summed E-state index contributed by atoms with van der Waals surface area (Å²) in [5.41, 5.74) is 3.21. The van der Waals surface area contributed by atoms with Crippen LogP contribution in [0.25, 0.3) is 0 Å². The van der Waals surface area contributed by atoms with Crippen molar-refractivity contribution in [3.63, 3.8) is 0 Å². The molecule has 1 aliphatic carbocycles. The molecule has 0 fully saturated rings. The van der Waals surface area contributed by atoms with Gasteiger partial charge in [0.15, 0.2) is 0 Å². The molecule has 0 unspecified atom stereocenters. The van der Waals surface area contributed by atoms with Gasteiger partial charge in [0.05, 0.1) is 5.56 Å². The molecule has 0 spiro atoms. The molecular formula is C19H21F3S. The number of rotatable bonds is 3. The number of halogens is 3. The van der Waals surface area contributed by atoms with Gasteiger partial charge in [-0.15, -0.1) is 0 Å². The molecule has 0 aliphatic heterocycles. The van der Waals surface area contributed by atoms with Gasteiger partial charge in [-0.25, -0.2) is 0 Å². The maximum atomic E-state index is 12.7. The molecule has 0 aromatic heterocycles. The van der Waals surface area contributed by atoms with Crippen molar-refractivity contribution >= 4 is 11.8 Å². The number of benzene rings is 1. The van der Waals surface area contributed by atoms with Crippen molar-refractivity contribution in [2.75, 3.05) is 0 Å². The maximum absolute atomic E-state index is 12.7. The van der Waals surface area contributed by atoms with Crippen LogP contribution in [0.2, 0.25) is 0 Å². The predicted molar refractivity (Wildman–Crippen MR) is 91.4 cm³/mol. The highest BCUT2D eigenvalue weighted by atomic mass is 32.2. The lowest BCUT2D eigenvalue weighted by Gasteiger charge is -2.21. The number of hydrogen-bond donors (Lipinski definition) is 0. The van der Waals surface area contributed by atoms with Gasteiger partial charge in [-0.05, 0) is 75.4 Å². The second-order valence-corrected chi connectivity index (χ2v) is 6.95. The first-order valence-corrected chi connectivity index (χ1v) is 8.51. The summed E-state index contributed by atoms with van der Waals surface area (Å²) < 4.78 is 38.0. The van der Waals surface area contributed by atoms with Crippen LogP contribution in [0.5, 0.6) is 0 Å². The second-order valence-electron chi connectivity index (χ2n) is 5.87. The van der Waals surface area contributed by atoms with E-state index in [1.54, 1.807) is 23.9 Å². The Kier molecular flexibility index (Phi) is 5.79. The van der Waals surface area contributed by atoms with Crippen LogP contribution in [0.1, 0.15) is 45.6 Å². The smallest absolute Gasteiger partial charge is 0.166 e. The molecule has 0 heterocycles. The topological polar surface area (TPSA) is 0 Å². The third-order valence-corrected chi connectivity index (χ3v) is 4.92. The molecule has 1 aliphatic rings. The van der Waals surface area contributed by atoms with E-state index in [0.717, 1.165) is 36.3 Å². The van der Waals surface area contributed by atoms with Crippen LogP contribution >= 0.6 is 11.8 Å². The van der Waals surface area contributed by atoms with Gasteiger partial charge in [-0.2, -0.15) is 13.2 Å². The van der Waals surface area contributed by atoms with E-state index in [9.17, 15) is 13.2 Å². The molecule has 0 amide bonds. The first kappa shape index (κ1) is 17.9. The molecule has 1 aromatic rings. The highest BCUT2D eigenvalue weighted by Gasteiger charge is 2.30. The summed E-state index contributed by atoms with van der Waals surface area (Å²) in [7, 11) is 0. The molecule has 0 bridgehead atoms. The van der Waals surface area contributed by atoms with E-state index in [0.29, 0.717) is 0 Å². The Bertz CT molecular complexity index is 642. The van der Waals surface area contributed by atoms with E-state index < -0.39 is 11.7 Å². The second kappa shape index (κ2) is 7.43. The Morgan fingerprint density at radius 3 is 2.26 bits per heavy atom. The van der Waals surface area contributed by atoms with Gasteiger partial charge in [-0.1, -0.05) is 29.5 Å². The lowest BCUT2D eigenvalue weighted by Crippen LogP contribution is -2.04. The van der Waals surface area contributed by atoms with Crippen molar-refractivity contribution in [2.24, 2.45) is 0 Å². The Morgan fingerprint density at radius 1 is 1.09 bits per heavy atom. The number of thioether (sulfide) groups is 1. The molecule has 4 heteroatoms. The summed E-state index contributed by atoms with van der Waals surface area (Å²) in [6.45, 7) is 6.16. The van der Waals surface area contributed by atoms with E-state index in [4.69, 9.17) is 0 Å². The Balaban J connectivity index is 2.34. The van der Waals surface area contributed by atoms with E-state index in [1.165, 1.54) is 21.6 Å². The third kappa shape index (κ3) is 4.77. The SMILES string of the molecule is C/C=C1\CCCC(C=C(C)C)=C1Sc1ccc(C(F)(F)F)cc1. The normalized spacial score (nSPS) is 17.6. The molecule has 1 aromatic carbocycles. The molecule has 0 atom stereocenters. The largest absolute Gasteiger partial charge is 0.416 e. The van der Waals surface area contributed by atoms with Gasteiger partial charge in [0.2, 0.25) is 0 Å². The first-order valence-electron chi connectivity index (χ1n) is 7.70. The van der Waals surface area contributed by atoms with Gasteiger partial charge in [0.1, 0.15) is 0 Å². The fraction of sp³-hybridized carbons (Fsp3) is 0.368. The first-order chi connectivity index (χ1) is 10.8. The zero-order valence-corrected chi connectivity index (χ0v) is 14.4. The highest BCUT2D eigenvalue weighted by Crippen LogP contribution is 2.42. The van der Waals surface area contributed by atoms with Crippen molar-refractivity contribution in [2.45, 2.75) is 51.1 Å². The van der Waals surface area contributed by atoms with Gasteiger partial charge >= 0.3 is 6.18 Å². The average Bonchev–Trinajstić information content (AvgIpc) is 2.48. The van der Waals surface area contributed by atoms with Gasteiger partial charge in [-0.3, -0.25) is 0 Å². The van der Waals surface area contributed by atoms with Crippen LogP contribution in [0.15, 0.2) is 62.9 Å². The summed E-state index contributed by atoms with van der Waals surface area (Å²) in [5.74, 6) is 0. The molecule has 0 saturated carbocycles. The van der Waals surface area contributed by atoms with E-state index in [1.807, 2.05) is 6.92 Å². The summed E-state index contributed by atoms with van der Waals surface area (Å²) in [6, 6.07) is 5.42. The van der Waals surface area contributed by atoms with Crippen LogP contribution in [0, 0.1) is 0 Å². The van der Waals surface area contributed by atoms with Crippen LogP contribution < -0.4 is 0 Å². The zero-order valence-electron chi connectivity index (χ0n) is 13.6. The standard InChI is InChI=1S/C19H21F3S/c1-4-14-6-5-7-15(12-13(2)3)18(14)23-17-10-8-16(9-11-17)19(20,21)22/h4,8-12H,5-7H2,1-3H3/b14-4+. The minimum atomic E-state index is -4.28. The van der Waals surface area contributed by atoms with Crippen LogP contribution in [-0.2, 0) is 6.18 Å². The molecular weight excluding hydrogens is 317 g/mol. The molecule has 23 heavy (non-hydrogen) atoms. The molecule has 0 N–H and O–H groups in total. The number of alkyl halides is 3. The summed E-state index contributed by atoms with van der Waals surface area (Å²) in [4.78, 5) is 2.04. The van der Waals surface area contributed by atoms with E-state index >= 15 is 0 Å². The van der Waals surface area contributed by atoms with Crippen LogP contribution in [0.3, 0.4) is 0 Å². The molecule has 124 valence electrons. The van der Waals surface area contributed by atoms with Crippen molar-refractivity contribution in [1.82, 2.24) is 0 Å². The minimum absolute atomic E-state index is 0.602. The van der Waals surface area contributed by atoms with Crippen molar-refractivity contribution in [1.29, 1.82) is 0 Å². The van der Waals surface area contributed by atoms with E-state index in [2.05, 4.69) is 26.0 Å². The Hall–Kier alpha value is -1.42. The van der Waals surface area contributed by atoms with Crippen molar-refractivity contribution < 1.29 is 13.2 Å². The van der Waals surface area contributed by atoms with Crippen LogP contribution in [-0.4, -0.2) is 0 Å². The summed E-state index contributed by atoms with van der Waals surface area (Å²) >= 11 is 1.57. The van der Waals surface area contributed by atoms with Crippen LogP contribution in [0.4, 0.5) is 13.2 Å². The lowest BCUT2D eigenvalue weighted by molar-refractivity contribution is -0.137. The minimum Gasteiger partial charge on any atom is -0.166 e. The quantitative estimate of drug-likeness (QED) is 0.564. The number of allylic oxidation sites excluding steroid dienone is 5. The summed E-state index contributed by atoms with van der Waals surface area (Å²) in [5, 5.41) is 0. The average molecular weight is 338 g/mol. The maximum Gasteiger partial charge on any atom is 0.416 e. The Labute approximate surface area is 140 Å². The van der Waals surface area contributed by atoms with E-state index in [-0.39, 0.29) is 0 Å². The lowest BCUT2D eigenvalue weighted by atomic mass is 9.93. The zero-order chi connectivity index (χ0) is 17.0. The molecule has 0 saturated heterocycles. The molecule has 0 nitrogen and oxygen atoms in total. The Morgan fingerprint density at radius 2 is 1.74 bits per heavy atom.